The van der Waals surface area contributed by atoms with Crippen LogP contribution in [0.2, 0.25) is 0 Å². The number of hydrogen-bond donors (Lipinski definition) is 2. The molecule has 1 fully saturated rings. The summed E-state index contributed by atoms with van der Waals surface area (Å²) in [5.74, 6) is 0.0565. The first-order valence-electron chi connectivity index (χ1n) is 5.66. The van der Waals surface area contributed by atoms with Gasteiger partial charge in [-0.2, -0.15) is 5.26 Å². The minimum Gasteiger partial charge on any atom is -0.356 e. The Morgan fingerprint density at radius 2 is 2.20 bits per heavy atom. The van der Waals surface area contributed by atoms with Crippen LogP contribution in [0, 0.1) is 17.2 Å². The van der Waals surface area contributed by atoms with E-state index in [1.165, 1.54) is 0 Å². The van der Waals surface area contributed by atoms with Crippen LogP contribution in [0.4, 0.5) is 0 Å². The van der Waals surface area contributed by atoms with Crippen LogP contribution < -0.4 is 11.1 Å². The quantitative estimate of drug-likeness (QED) is 0.676. The normalized spacial score (nSPS) is 25.6. The summed E-state index contributed by atoms with van der Waals surface area (Å²) < 4.78 is 0. The molecule has 1 rings (SSSR count). The van der Waals surface area contributed by atoms with Gasteiger partial charge < -0.3 is 11.1 Å². The molecule has 0 aromatic carbocycles. The second-order valence-corrected chi connectivity index (χ2v) is 4.11. The van der Waals surface area contributed by atoms with Crippen molar-refractivity contribution in [2.24, 2.45) is 11.7 Å². The molecule has 1 amide bonds. The summed E-state index contributed by atoms with van der Waals surface area (Å²) in [5.41, 5.74) is 5.90. The van der Waals surface area contributed by atoms with Crippen LogP contribution in [0.1, 0.15) is 38.5 Å². The molecule has 0 saturated heterocycles. The molecule has 15 heavy (non-hydrogen) atoms. The van der Waals surface area contributed by atoms with E-state index in [2.05, 4.69) is 11.4 Å². The average Bonchev–Trinajstić information content (AvgIpc) is 2.25. The average molecular weight is 209 g/mol. The summed E-state index contributed by atoms with van der Waals surface area (Å²) in [7, 11) is 0. The summed E-state index contributed by atoms with van der Waals surface area (Å²) in [5, 5.41) is 11.2. The van der Waals surface area contributed by atoms with E-state index in [4.69, 9.17) is 11.0 Å². The number of nitrogens with zero attached hydrogens (tertiary/aromatic N) is 1. The van der Waals surface area contributed by atoms with E-state index in [1.807, 2.05) is 0 Å². The topological polar surface area (TPSA) is 78.9 Å². The van der Waals surface area contributed by atoms with Gasteiger partial charge in [-0.1, -0.05) is 12.8 Å². The Kier molecular flexibility index (Phi) is 5.13. The number of amides is 1. The van der Waals surface area contributed by atoms with Crippen molar-refractivity contribution >= 4 is 5.91 Å². The Morgan fingerprint density at radius 3 is 2.87 bits per heavy atom. The number of unbranched alkanes of at least 4 members (excludes halogenated alkanes) is 1. The lowest BCUT2D eigenvalue weighted by Crippen LogP contribution is -2.43. The minimum atomic E-state index is -0.0131. The Morgan fingerprint density at radius 1 is 1.47 bits per heavy atom. The number of hydrogen-bond acceptors (Lipinski definition) is 3. The Labute approximate surface area is 90.8 Å². The molecule has 0 heterocycles. The molecule has 4 heteroatoms. The van der Waals surface area contributed by atoms with Crippen molar-refractivity contribution in [3.8, 4) is 6.07 Å². The molecule has 4 nitrogen and oxygen atoms in total. The smallest absolute Gasteiger partial charge is 0.224 e. The lowest BCUT2D eigenvalue weighted by molar-refractivity contribution is -0.126. The first kappa shape index (κ1) is 12.0. The molecule has 0 spiro atoms. The molecule has 0 aliphatic heterocycles. The van der Waals surface area contributed by atoms with E-state index in [1.54, 1.807) is 0 Å². The summed E-state index contributed by atoms with van der Waals surface area (Å²) in [6.07, 6.45) is 5.33. The summed E-state index contributed by atoms with van der Waals surface area (Å²) >= 11 is 0. The van der Waals surface area contributed by atoms with E-state index in [9.17, 15) is 4.79 Å². The predicted molar refractivity (Wildman–Crippen MR) is 57.8 cm³/mol. The van der Waals surface area contributed by atoms with Crippen molar-refractivity contribution in [2.45, 2.75) is 44.6 Å². The number of nitriles is 1. The molecule has 2 unspecified atom stereocenters. The van der Waals surface area contributed by atoms with Crippen molar-refractivity contribution < 1.29 is 4.79 Å². The van der Waals surface area contributed by atoms with Gasteiger partial charge in [0, 0.05) is 19.0 Å². The van der Waals surface area contributed by atoms with Crippen LogP contribution >= 0.6 is 0 Å². The summed E-state index contributed by atoms with van der Waals surface area (Å²) in [4.78, 5) is 11.7. The molecule has 0 radical (unpaired) electrons. The fraction of sp³-hybridized carbons (Fsp3) is 0.818. The highest BCUT2D eigenvalue weighted by molar-refractivity contribution is 5.79. The van der Waals surface area contributed by atoms with E-state index < -0.39 is 0 Å². The van der Waals surface area contributed by atoms with Gasteiger partial charge in [-0.15, -0.1) is 0 Å². The number of carbonyl (C=O) groups is 1. The summed E-state index contributed by atoms with van der Waals surface area (Å²) in [6.45, 7) is 0.593. The van der Waals surface area contributed by atoms with E-state index in [-0.39, 0.29) is 17.9 Å². The van der Waals surface area contributed by atoms with Crippen molar-refractivity contribution in [2.75, 3.05) is 6.54 Å². The minimum absolute atomic E-state index is 0.0131. The van der Waals surface area contributed by atoms with Gasteiger partial charge in [0.05, 0.1) is 12.0 Å². The molecular formula is C11H19N3O. The first-order valence-corrected chi connectivity index (χ1v) is 5.66. The lowest BCUT2D eigenvalue weighted by atomic mass is 9.84. The highest BCUT2D eigenvalue weighted by atomic mass is 16.1. The number of rotatable bonds is 4. The molecular weight excluding hydrogens is 190 g/mol. The maximum absolute atomic E-state index is 11.7. The monoisotopic (exact) mass is 209 g/mol. The molecule has 1 saturated carbocycles. The van der Waals surface area contributed by atoms with Gasteiger partial charge in [0.15, 0.2) is 0 Å². The number of nitrogens with two attached hydrogens (primary N) is 1. The molecule has 3 N–H and O–H groups in total. The third kappa shape index (κ3) is 3.88. The summed E-state index contributed by atoms with van der Waals surface area (Å²) in [6, 6.07) is 2.08. The van der Waals surface area contributed by atoms with Crippen molar-refractivity contribution in [1.29, 1.82) is 5.26 Å². The maximum Gasteiger partial charge on any atom is 0.224 e. The predicted octanol–water partition coefficient (Wildman–Crippen LogP) is 0.924. The zero-order chi connectivity index (χ0) is 11.1. The molecule has 0 bridgehead atoms. The van der Waals surface area contributed by atoms with Gasteiger partial charge in [-0.25, -0.2) is 0 Å². The van der Waals surface area contributed by atoms with Crippen LogP contribution in [-0.4, -0.2) is 18.5 Å². The zero-order valence-electron chi connectivity index (χ0n) is 9.04. The molecule has 0 aromatic heterocycles. The van der Waals surface area contributed by atoms with Gasteiger partial charge in [-0.05, 0) is 19.3 Å². The molecule has 1 aliphatic rings. The molecule has 84 valence electrons. The second-order valence-electron chi connectivity index (χ2n) is 4.11. The van der Waals surface area contributed by atoms with E-state index in [0.717, 1.165) is 32.1 Å². The Hall–Kier alpha value is -1.08. The van der Waals surface area contributed by atoms with E-state index >= 15 is 0 Å². The van der Waals surface area contributed by atoms with Crippen molar-refractivity contribution in [3.05, 3.63) is 0 Å². The lowest BCUT2D eigenvalue weighted by Gasteiger charge is -2.27. The fourth-order valence-electron chi connectivity index (χ4n) is 2.00. The maximum atomic E-state index is 11.7. The van der Waals surface area contributed by atoms with Gasteiger partial charge in [-0.3, -0.25) is 4.79 Å². The first-order chi connectivity index (χ1) is 7.25. The standard InChI is InChI=1S/C11H19N3O/c12-7-3-4-8-14-11(15)9-5-1-2-6-10(9)13/h9-10H,1-6,8,13H2,(H,14,15). The van der Waals surface area contributed by atoms with Crippen molar-refractivity contribution in [3.63, 3.8) is 0 Å². The SMILES string of the molecule is N#CCCCNC(=O)C1CCCCC1N. The third-order valence-electron chi connectivity index (χ3n) is 2.92. The number of nitrogens with one attached hydrogen (secondary N) is 1. The highest BCUT2D eigenvalue weighted by Crippen LogP contribution is 2.22. The number of carbonyl (C=O) groups excluding carboxylic acids is 1. The molecule has 1 aliphatic carbocycles. The van der Waals surface area contributed by atoms with E-state index in [0.29, 0.717) is 13.0 Å². The highest BCUT2D eigenvalue weighted by Gasteiger charge is 2.27. The van der Waals surface area contributed by atoms with Crippen LogP contribution in [0.25, 0.3) is 0 Å². The van der Waals surface area contributed by atoms with Crippen LogP contribution in [-0.2, 0) is 4.79 Å². The van der Waals surface area contributed by atoms with Crippen molar-refractivity contribution in [1.82, 2.24) is 5.32 Å². The molecule has 0 aromatic rings. The van der Waals surface area contributed by atoms with Crippen LogP contribution in [0.15, 0.2) is 0 Å². The van der Waals surface area contributed by atoms with Gasteiger partial charge in [0.25, 0.3) is 0 Å². The van der Waals surface area contributed by atoms with Gasteiger partial charge in [0.1, 0.15) is 0 Å². The van der Waals surface area contributed by atoms with Gasteiger partial charge >= 0.3 is 0 Å². The van der Waals surface area contributed by atoms with Gasteiger partial charge in [0.2, 0.25) is 5.91 Å². The molecule has 2 atom stereocenters. The Balaban J connectivity index is 2.23. The third-order valence-corrected chi connectivity index (χ3v) is 2.92. The Bertz CT molecular complexity index is 247. The largest absolute Gasteiger partial charge is 0.356 e. The fourth-order valence-corrected chi connectivity index (χ4v) is 2.00. The zero-order valence-corrected chi connectivity index (χ0v) is 9.04. The second kappa shape index (κ2) is 6.41. The van der Waals surface area contributed by atoms with Crippen LogP contribution in [0.3, 0.4) is 0 Å². The van der Waals surface area contributed by atoms with Crippen LogP contribution in [0.5, 0.6) is 0 Å².